The fourth-order valence-corrected chi connectivity index (χ4v) is 0.676. The van der Waals surface area contributed by atoms with Crippen molar-refractivity contribution in [1.82, 2.24) is 20.3 Å². The van der Waals surface area contributed by atoms with Crippen molar-refractivity contribution in [2.24, 2.45) is 0 Å². The molecule has 0 aliphatic rings. The lowest BCUT2D eigenvalue weighted by molar-refractivity contribution is 0.417. The highest BCUT2D eigenvalue weighted by atomic mass is 16.5. The molecule has 0 aromatic carbocycles. The van der Waals surface area contributed by atoms with E-state index in [1.165, 1.54) is 0 Å². The van der Waals surface area contributed by atoms with Gasteiger partial charge in [0.1, 0.15) is 0 Å². The highest BCUT2D eigenvalue weighted by Gasteiger charge is 2.00. The van der Waals surface area contributed by atoms with Crippen LogP contribution < -0.4 is 0 Å². The van der Waals surface area contributed by atoms with Gasteiger partial charge in [0.15, 0.2) is 0 Å². The zero-order valence-corrected chi connectivity index (χ0v) is 5.27. The molecule has 2 aromatic rings. The van der Waals surface area contributed by atoms with E-state index in [2.05, 4.69) is 24.9 Å². The minimum Gasteiger partial charge on any atom is -0.314 e. The van der Waals surface area contributed by atoms with E-state index in [1.54, 1.807) is 6.20 Å². The molecule has 0 bridgehead atoms. The van der Waals surface area contributed by atoms with Crippen LogP contribution in [0.1, 0.15) is 5.69 Å². The predicted molar refractivity (Wildman–Crippen MR) is 32.1 cm³/mol. The molecule has 0 N–H and O–H groups in total. The SMILES string of the molecule is Cc1cnc2nnoc2n1. The lowest BCUT2D eigenvalue weighted by Gasteiger charge is -1.84. The molecule has 0 saturated carbocycles. The first-order valence-electron chi connectivity index (χ1n) is 2.78. The fraction of sp³-hybridized carbons (Fsp3) is 0.200. The summed E-state index contributed by atoms with van der Waals surface area (Å²) in [5, 5.41) is 6.86. The summed E-state index contributed by atoms with van der Waals surface area (Å²) in [4.78, 5) is 7.89. The van der Waals surface area contributed by atoms with E-state index in [0.29, 0.717) is 11.4 Å². The number of aromatic nitrogens is 4. The van der Waals surface area contributed by atoms with Gasteiger partial charge >= 0.3 is 0 Å². The minimum absolute atomic E-state index is 0.389. The number of rotatable bonds is 0. The standard InChI is InChI=1S/C5H4N4O/c1-3-2-6-4-5(7-3)10-9-8-4/h2H,1H3. The molecule has 5 nitrogen and oxygen atoms in total. The van der Waals surface area contributed by atoms with E-state index in [4.69, 9.17) is 0 Å². The van der Waals surface area contributed by atoms with Crippen LogP contribution in [-0.4, -0.2) is 20.3 Å². The normalized spacial score (nSPS) is 10.5. The highest BCUT2D eigenvalue weighted by molar-refractivity contribution is 5.59. The van der Waals surface area contributed by atoms with Gasteiger partial charge in [0, 0.05) is 5.27 Å². The molecule has 2 aromatic heterocycles. The summed E-state index contributed by atoms with van der Waals surface area (Å²) in [5.74, 6) is 0. The number of hydrogen-bond acceptors (Lipinski definition) is 5. The molecular weight excluding hydrogens is 132 g/mol. The average molecular weight is 136 g/mol. The summed E-state index contributed by atoms with van der Waals surface area (Å²) >= 11 is 0. The van der Waals surface area contributed by atoms with Crippen LogP contribution in [0.2, 0.25) is 0 Å². The van der Waals surface area contributed by atoms with Gasteiger partial charge < -0.3 is 4.52 Å². The van der Waals surface area contributed by atoms with Gasteiger partial charge in [-0.3, -0.25) is 0 Å². The van der Waals surface area contributed by atoms with Crippen LogP contribution in [-0.2, 0) is 0 Å². The molecule has 0 saturated heterocycles. The second-order valence-electron chi connectivity index (χ2n) is 1.91. The molecule has 0 atom stereocenters. The van der Waals surface area contributed by atoms with Gasteiger partial charge in [0.2, 0.25) is 5.65 Å². The average Bonchev–Trinajstić information content (AvgIpc) is 2.33. The second kappa shape index (κ2) is 1.73. The third-order valence-corrected chi connectivity index (χ3v) is 1.11. The Labute approximate surface area is 56.1 Å². The molecule has 2 heterocycles. The van der Waals surface area contributed by atoms with Crippen LogP contribution in [0.3, 0.4) is 0 Å². The lowest BCUT2D eigenvalue weighted by Crippen LogP contribution is -1.83. The van der Waals surface area contributed by atoms with Crippen molar-refractivity contribution < 1.29 is 4.52 Å². The Morgan fingerprint density at radius 3 is 3.30 bits per heavy atom. The Kier molecular flexibility index (Phi) is 0.913. The summed E-state index contributed by atoms with van der Waals surface area (Å²) in [6.07, 6.45) is 1.62. The van der Waals surface area contributed by atoms with Crippen molar-refractivity contribution in [3.05, 3.63) is 11.9 Å². The van der Waals surface area contributed by atoms with Crippen LogP contribution in [0.4, 0.5) is 0 Å². The molecule has 0 aliphatic carbocycles. The largest absolute Gasteiger partial charge is 0.314 e. The molecule has 5 heteroatoms. The van der Waals surface area contributed by atoms with E-state index in [9.17, 15) is 0 Å². The summed E-state index contributed by atoms with van der Waals surface area (Å²) < 4.78 is 4.66. The third-order valence-electron chi connectivity index (χ3n) is 1.11. The van der Waals surface area contributed by atoms with E-state index in [-0.39, 0.29) is 0 Å². The van der Waals surface area contributed by atoms with Crippen molar-refractivity contribution in [3.8, 4) is 0 Å². The number of fused-ring (bicyclic) bond motifs is 1. The molecular formula is C5H4N4O. The first-order chi connectivity index (χ1) is 4.86. The van der Waals surface area contributed by atoms with Crippen LogP contribution in [0.5, 0.6) is 0 Å². The molecule has 0 fully saturated rings. The zero-order chi connectivity index (χ0) is 6.97. The lowest BCUT2D eigenvalue weighted by atomic mass is 10.5. The number of nitrogens with zero attached hydrogens (tertiary/aromatic N) is 4. The van der Waals surface area contributed by atoms with Crippen molar-refractivity contribution in [2.45, 2.75) is 6.92 Å². The topological polar surface area (TPSA) is 64.7 Å². The number of hydrogen-bond donors (Lipinski definition) is 0. The van der Waals surface area contributed by atoms with E-state index < -0.39 is 0 Å². The summed E-state index contributed by atoms with van der Waals surface area (Å²) in [6, 6.07) is 0. The Bertz CT molecular complexity index is 355. The molecule has 0 radical (unpaired) electrons. The molecule has 0 unspecified atom stereocenters. The smallest absolute Gasteiger partial charge is 0.298 e. The van der Waals surface area contributed by atoms with E-state index in [1.807, 2.05) is 6.92 Å². The Hall–Kier alpha value is -1.52. The van der Waals surface area contributed by atoms with Crippen molar-refractivity contribution in [1.29, 1.82) is 0 Å². The van der Waals surface area contributed by atoms with Crippen LogP contribution >= 0.6 is 0 Å². The van der Waals surface area contributed by atoms with E-state index in [0.717, 1.165) is 5.69 Å². The van der Waals surface area contributed by atoms with Crippen molar-refractivity contribution in [3.63, 3.8) is 0 Å². The van der Waals surface area contributed by atoms with Gasteiger partial charge in [-0.2, -0.15) is 0 Å². The summed E-state index contributed by atoms with van der Waals surface area (Å²) in [6.45, 7) is 1.83. The minimum atomic E-state index is 0.389. The maximum Gasteiger partial charge on any atom is 0.298 e. The second-order valence-corrected chi connectivity index (χ2v) is 1.91. The maximum atomic E-state index is 4.66. The molecule has 2 rings (SSSR count). The van der Waals surface area contributed by atoms with Crippen LogP contribution in [0.15, 0.2) is 10.7 Å². The van der Waals surface area contributed by atoms with Crippen molar-refractivity contribution >= 4 is 11.4 Å². The molecule has 0 spiro atoms. The van der Waals surface area contributed by atoms with Gasteiger partial charge in [0.05, 0.1) is 11.9 Å². The van der Waals surface area contributed by atoms with Crippen LogP contribution in [0.25, 0.3) is 11.4 Å². The predicted octanol–water partition coefficient (Wildman–Crippen LogP) is 0.321. The Balaban J connectivity index is 2.86. The Morgan fingerprint density at radius 1 is 1.50 bits per heavy atom. The zero-order valence-electron chi connectivity index (χ0n) is 5.27. The quantitative estimate of drug-likeness (QED) is 0.521. The van der Waals surface area contributed by atoms with Gasteiger partial charge in [-0.05, 0) is 6.92 Å². The molecule has 0 amide bonds. The van der Waals surface area contributed by atoms with E-state index >= 15 is 0 Å². The van der Waals surface area contributed by atoms with Gasteiger partial charge in [-0.1, -0.05) is 5.10 Å². The first-order valence-corrected chi connectivity index (χ1v) is 2.78. The monoisotopic (exact) mass is 136 g/mol. The fourth-order valence-electron chi connectivity index (χ4n) is 0.676. The number of aryl methyl sites for hydroxylation is 1. The van der Waals surface area contributed by atoms with Gasteiger partial charge in [-0.15, -0.1) is 0 Å². The van der Waals surface area contributed by atoms with Gasteiger partial charge in [-0.25, -0.2) is 9.97 Å². The first kappa shape index (κ1) is 5.28. The van der Waals surface area contributed by atoms with Gasteiger partial charge in [0.25, 0.3) is 5.71 Å². The molecule has 0 aliphatic heterocycles. The third kappa shape index (κ3) is 0.637. The van der Waals surface area contributed by atoms with Crippen LogP contribution in [0, 0.1) is 6.92 Å². The molecule has 10 heavy (non-hydrogen) atoms. The molecule has 50 valence electrons. The van der Waals surface area contributed by atoms with Crippen molar-refractivity contribution in [2.75, 3.05) is 0 Å². The Morgan fingerprint density at radius 2 is 2.40 bits per heavy atom. The highest BCUT2D eigenvalue weighted by Crippen LogP contribution is 2.02. The summed E-state index contributed by atoms with van der Waals surface area (Å²) in [5.41, 5.74) is 1.64. The maximum absolute atomic E-state index is 4.66. The summed E-state index contributed by atoms with van der Waals surface area (Å²) in [7, 11) is 0.